The van der Waals surface area contributed by atoms with Gasteiger partial charge in [0.25, 0.3) is 5.56 Å². The molecule has 94 valence electrons. The van der Waals surface area contributed by atoms with Gasteiger partial charge in [-0.25, -0.2) is 0 Å². The SMILES string of the molecule is CCC(C)NC(=O)CSc1nnc(C)c(=O)[nH]1. The summed E-state index contributed by atoms with van der Waals surface area (Å²) in [6, 6.07) is 0.159. The van der Waals surface area contributed by atoms with Crippen molar-refractivity contribution in [2.24, 2.45) is 0 Å². The molecule has 0 fully saturated rings. The Morgan fingerprint density at radius 1 is 1.53 bits per heavy atom. The van der Waals surface area contributed by atoms with Crippen molar-refractivity contribution in [3.8, 4) is 0 Å². The number of thioether (sulfide) groups is 1. The van der Waals surface area contributed by atoms with E-state index in [1.54, 1.807) is 6.92 Å². The van der Waals surface area contributed by atoms with Crippen molar-refractivity contribution < 1.29 is 4.79 Å². The molecule has 1 rings (SSSR count). The van der Waals surface area contributed by atoms with Crippen molar-refractivity contribution in [3.63, 3.8) is 0 Å². The molecule has 1 atom stereocenters. The Kier molecular flexibility index (Phi) is 5.14. The molecule has 0 radical (unpaired) electrons. The van der Waals surface area contributed by atoms with E-state index in [1.165, 1.54) is 0 Å². The number of nitrogens with zero attached hydrogens (tertiary/aromatic N) is 2. The molecule has 1 aromatic heterocycles. The summed E-state index contributed by atoms with van der Waals surface area (Å²) in [5, 5.41) is 10.7. The van der Waals surface area contributed by atoms with Crippen molar-refractivity contribution >= 4 is 17.7 Å². The average molecular weight is 256 g/mol. The number of aromatic amines is 1. The normalized spacial score (nSPS) is 12.2. The van der Waals surface area contributed by atoms with Gasteiger partial charge in [0.05, 0.1) is 5.75 Å². The Bertz CT molecular complexity index is 446. The Balaban J connectivity index is 2.47. The lowest BCUT2D eigenvalue weighted by Crippen LogP contribution is -2.33. The topological polar surface area (TPSA) is 87.7 Å². The molecule has 0 spiro atoms. The van der Waals surface area contributed by atoms with E-state index in [4.69, 9.17) is 0 Å². The van der Waals surface area contributed by atoms with Crippen LogP contribution in [0.2, 0.25) is 0 Å². The van der Waals surface area contributed by atoms with E-state index < -0.39 is 0 Å². The van der Waals surface area contributed by atoms with Crippen molar-refractivity contribution in [1.82, 2.24) is 20.5 Å². The van der Waals surface area contributed by atoms with E-state index >= 15 is 0 Å². The zero-order valence-electron chi connectivity index (χ0n) is 10.1. The summed E-state index contributed by atoms with van der Waals surface area (Å²) in [5.41, 5.74) is 0.0447. The van der Waals surface area contributed by atoms with Crippen LogP contribution in [0.5, 0.6) is 0 Å². The highest BCUT2D eigenvalue weighted by Gasteiger charge is 2.08. The maximum Gasteiger partial charge on any atom is 0.273 e. The van der Waals surface area contributed by atoms with Gasteiger partial charge in [0.1, 0.15) is 5.69 Å². The maximum absolute atomic E-state index is 11.5. The summed E-state index contributed by atoms with van der Waals surface area (Å²) in [7, 11) is 0. The Hall–Kier alpha value is -1.37. The first-order chi connectivity index (χ1) is 8.02. The largest absolute Gasteiger partial charge is 0.353 e. The van der Waals surface area contributed by atoms with Crippen LogP contribution in [0.1, 0.15) is 26.0 Å². The number of H-pyrrole nitrogens is 1. The lowest BCUT2D eigenvalue weighted by atomic mass is 10.3. The number of nitrogens with one attached hydrogen (secondary N) is 2. The van der Waals surface area contributed by atoms with Crippen molar-refractivity contribution in [1.29, 1.82) is 0 Å². The van der Waals surface area contributed by atoms with Crippen LogP contribution in [0.4, 0.5) is 0 Å². The summed E-state index contributed by atoms with van der Waals surface area (Å²) in [5.74, 6) is 0.144. The molecule has 0 aliphatic rings. The molecule has 0 saturated carbocycles. The number of amides is 1. The minimum absolute atomic E-state index is 0.0763. The highest BCUT2D eigenvalue weighted by molar-refractivity contribution is 7.99. The van der Waals surface area contributed by atoms with Crippen LogP contribution in [0.25, 0.3) is 0 Å². The maximum atomic E-state index is 11.5. The van der Waals surface area contributed by atoms with Crippen LogP contribution < -0.4 is 10.9 Å². The first kappa shape index (κ1) is 13.7. The third kappa shape index (κ3) is 4.56. The molecule has 1 amide bonds. The molecule has 7 heteroatoms. The van der Waals surface area contributed by atoms with Gasteiger partial charge in [-0.3, -0.25) is 14.6 Å². The van der Waals surface area contributed by atoms with Crippen molar-refractivity contribution in [3.05, 3.63) is 16.0 Å². The highest BCUT2D eigenvalue weighted by Crippen LogP contribution is 2.08. The number of aryl methyl sites for hydroxylation is 1. The molecule has 17 heavy (non-hydrogen) atoms. The predicted molar refractivity (Wildman–Crippen MR) is 66.0 cm³/mol. The summed E-state index contributed by atoms with van der Waals surface area (Å²) in [4.78, 5) is 25.3. The van der Waals surface area contributed by atoms with E-state index in [9.17, 15) is 9.59 Å². The Morgan fingerprint density at radius 3 is 2.82 bits per heavy atom. The summed E-state index contributed by atoms with van der Waals surface area (Å²) < 4.78 is 0. The number of carbonyl (C=O) groups excluding carboxylic acids is 1. The fourth-order valence-corrected chi connectivity index (χ4v) is 1.61. The summed E-state index contributed by atoms with van der Waals surface area (Å²) in [6.07, 6.45) is 0.886. The van der Waals surface area contributed by atoms with Crippen LogP contribution >= 0.6 is 11.8 Å². The monoisotopic (exact) mass is 256 g/mol. The molecule has 1 unspecified atom stereocenters. The van der Waals surface area contributed by atoms with Crippen molar-refractivity contribution in [2.45, 2.75) is 38.4 Å². The van der Waals surface area contributed by atoms with Crippen LogP contribution in [0, 0.1) is 6.92 Å². The van der Waals surface area contributed by atoms with E-state index in [0.29, 0.717) is 10.9 Å². The molecule has 6 nitrogen and oxygen atoms in total. The predicted octanol–water partition coefficient (Wildman–Crippen LogP) is 0.480. The van der Waals surface area contributed by atoms with Gasteiger partial charge in [-0.1, -0.05) is 18.7 Å². The van der Waals surface area contributed by atoms with Gasteiger partial charge in [-0.15, -0.1) is 10.2 Å². The molecular weight excluding hydrogens is 240 g/mol. The lowest BCUT2D eigenvalue weighted by molar-refractivity contribution is -0.119. The minimum Gasteiger partial charge on any atom is -0.353 e. The second kappa shape index (κ2) is 6.39. The smallest absolute Gasteiger partial charge is 0.273 e. The first-order valence-electron chi connectivity index (χ1n) is 5.38. The fraction of sp³-hybridized carbons (Fsp3) is 0.600. The molecule has 1 heterocycles. The van der Waals surface area contributed by atoms with Gasteiger partial charge >= 0.3 is 0 Å². The second-order valence-electron chi connectivity index (χ2n) is 3.71. The zero-order chi connectivity index (χ0) is 12.8. The van der Waals surface area contributed by atoms with Gasteiger partial charge in [-0.05, 0) is 20.3 Å². The highest BCUT2D eigenvalue weighted by atomic mass is 32.2. The molecule has 0 aromatic carbocycles. The number of hydrogen-bond donors (Lipinski definition) is 2. The van der Waals surface area contributed by atoms with E-state index in [-0.39, 0.29) is 23.3 Å². The number of aromatic nitrogens is 3. The minimum atomic E-state index is -0.273. The lowest BCUT2D eigenvalue weighted by Gasteiger charge is -2.10. The quantitative estimate of drug-likeness (QED) is 0.748. The van der Waals surface area contributed by atoms with Crippen LogP contribution in [-0.4, -0.2) is 32.9 Å². The molecule has 2 N–H and O–H groups in total. The average Bonchev–Trinajstić information content (AvgIpc) is 2.30. The fourth-order valence-electron chi connectivity index (χ4n) is 0.996. The first-order valence-corrected chi connectivity index (χ1v) is 6.37. The van der Waals surface area contributed by atoms with Crippen LogP contribution in [0.15, 0.2) is 9.95 Å². The van der Waals surface area contributed by atoms with Crippen LogP contribution in [0.3, 0.4) is 0 Å². The molecule has 0 saturated heterocycles. The summed E-state index contributed by atoms with van der Waals surface area (Å²) >= 11 is 1.16. The summed E-state index contributed by atoms with van der Waals surface area (Å²) in [6.45, 7) is 5.52. The molecule has 0 aliphatic heterocycles. The standard InChI is InChI=1S/C10H16N4O2S/c1-4-6(2)11-8(15)5-17-10-12-9(16)7(3)13-14-10/h6H,4-5H2,1-3H3,(H,11,15)(H,12,14,16). The zero-order valence-corrected chi connectivity index (χ0v) is 10.9. The second-order valence-corrected chi connectivity index (χ2v) is 4.67. The van der Waals surface area contributed by atoms with Gasteiger partial charge in [-0.2, -0.15) is 0 Å². The van der Waals surface area contributed by atoms with E-state index in [1.807, 2.05) is 13.8 Å². The molecule has 1 aromatic rings. The number of hydrogen-bond acceptors (Lipinski definition) is 5. The van der Waals surface area contributed by atoms with Gasteiger partial charge in [0, 0.05) is 6.04 Å². The molecular formula is C10H16N4O2S. The number of carbonyl (C=O) groups is 1. The third-order valence-electron chi connectivity index (χ3n) is 2.20. The van der Waals surface area contributed by atoms with Gasteiger partial charge < -0.3 is 5.32 Å². The van der Waals surface area contributed by atoms with E-state index in [0.717, 1.165) is 18.2 Å². The van der Waals surface area contributed by atoms with Gasteiger partial charge in [0.2, 0.25) is 5.91 Å². The third-order valence-corrected chi connectivity index (χ3v) is 3.06. The molecule has 0 bridgehead atoms. The molecule has 0 aliphatic carbocycles. The number of rotatable bonds is 5. The Morgan fingerprint density at radius 2 is 2.24 bits per heavy atom. The van der Waals surface area contributed by atoms with Gasteiger partial charge in [0.15, 0.2) is 5.16 Å². The van der Waals surface area contributed by atoms with Crippen molar-refractivity contribution in [2.75, 3.05) is 5.75 Å². The Labute approximate surface area is 104 Å². The van der Waals surface area contributed by atoms with E-state index in [2.05, 4.69) is 20.5 Å². The van der Waals surface area contributed by atoms with Crippen LogP contribution in [-0.2, 0) is 4.79 Å².